The quantitative estimate of drug-likeness (QED) is 0.165. The maximum atomic E-state index is 13.6. The van der Waals surface area contributed by atoms with Gasteiger partial charge in [-0.05, 0) is 92.7 Å². The summed E-state index contributed by atoms with van der Waals surface area (Å²) in [5.41, 5.74) is 0.614. The van der Waals surface area contributed by atoms with E-state index in [9.17, 15) is 13.2 Å². The molecular formula is C30H45F3. The molecule has 0 bridgehead atoms. The molecule has 3 rings (SSSR count). The number of benzene rings is 1. The van der Waals surface area contributed by atoms with Crippen molar-refractivity contribution in [3.8, 4) is 0 Å². The topological polar surface area (TPSA) is 0 Å². The summed E-state index contributed by atoms with van der Waals surface area (Å²) in [5, 5.41) is 0. The van der Waals surface area contributed by atoms with E-state index in [0.29, 0.717) is 11.5 Å². The second kappa shape index (κ2) is 14.2. The smallest absolute Gasteiger partial charge is 0.194 e. The molecule has 0 saturated heterocycles. The van der Waals surface area contributed by atoms with Crippen LogP contribution < -0.4 is 0 Å². The lowest BCUT2D eigenvalue weighted by molar-refractivity contribution is 0.287. The Labute approximate surface area is 200 Å². The van der Waals surface area contributed by atoms with Crippen molar-refractivity contribution in [1.82, 2.24) is 0 Å². The number of allylic oxidation sites excluding steroid dienone is 2. The first-order chi connectivity index (χ1) is 16.1. The Bertz CT molecular complexity index is 686. The largest absolute Gasteiger partial charge is 0.204 e. The van der Waals surface area contributed by atoms with E-state index in [4.69, 9.17) is 0 Å². The molecule has 0 N–H and O–H groups in total. The van der Waals surface area contributed by atoms with E-state index in [-0.39, 0.29) is 5.92 Å². The van der Waals surface area contributed by atoms with Gasteiger partial charge in [-0.1, -0.05) is 76.9 Å². The van der Waals surface area contributed by atoms with Crippen LogP contribution in [0.5, 0.6) is 0 Å². The summed E-state index contributed by atoms with van der Waals surface area (Å²) in [7, 11) is 0. The number of unbranched alkanes of at least 4 members (excludes halogenated alkanes) is 7. The Balaban J connectivity index is 1.28. The maximum Gasteiger partial charge on any atom is 0.194 e. The van der Waals surface area contributed by atoms with E-state index in [0.717, 1.165) is 37.5 Å². The lowest BCUT2D eigenvalue weighted by Crippen LogP contribution is -2.15. The summed E-state index contributed by atoms with van der Waals surface area (Å²) < 4.78 is 40.3. The average molecular weight is 463 g/mol. The van der Waals surface area contributed by atoms with Gasteiger partial charge in [0.25, 0.3) is 0 Å². The summed E-state index contributed by atoms with van der Waals surface area (Å²) in [6, 6.07) is 2.37. The van der Waals surface area contributed by atoms with Crippen molar-refractivity contribution < 1.29 is 13.2 Å². The molecule has 186 valence electrons. The first-order valence-corrected chi connectivity index (χ1v) is 13.9. The minimum Gasteiger partial charge on any atom is -0.204 e. The summed E-state index contributed by atoms with van der Waals surface area (Å²) in [6.07, 6.45) is 27.0. The van der Waals surface area contributed by atoms with Crippen molar-refractivity contribution in [2.45, 2.75) is 122 Å². The van der Waals surface area contributed by atoms with E-state index < -0.39 is 17.5 Å². The number of hydrogen-bond acceptors (Lipinski definition) is 0. The Morgan fingerprint density at radius 1 is 0.667 bits per heavy atom. The zero-order chi connectivity index (χ0) is 23.5. The molecule has 0 spiro atoms. The summed E-state index contributed by atoms with van der Waals surface area (Å²) in [4.78, 5) is 0. The zero-order valence-corrected chi connectivity index (χ0v) is 20.8. The first-order valence-electron chi connectivity index (χ1n) is 13.9. The van der Waals surface area contributed by atoms with Crippen LogP contribution in [0.25, 0.3) is 0 Å². The highest BCUT2D eigenvalue weighted by Crippen LogP contribution is 2.38. The summed E-state index contributed by atoms with van der Waals surface area (Å²) in [5.74, 6) is -1.09. The molecule has 0 nitrogen and oxygen atoms in total. The third kappa shape index (κ3) is 8.80. The molecule has 33 heavy (non-hydrogen) atoms. The van der Waals surface area contributed by atoms with Crippen LogP contribution in [0.2, 0.25) is 0 Å². The van der Waals surface area contributed by atoms with Gasteiger partial charge in [-0.15, -0.1) is 0 Å². The molecule has 0 radical (unpaired) electrons. The highest BCUT2D eigenvalue weighted by atomic mass is 19.2. The molecule has 2 aliphatic rings. The van der Waals surface area contributed by atoms with Gasteiger partial charge < -0.3 is 0 Å². The third-order valence-electron chi connectivity index (χ3n) is 8.26. The Morgan fingerprint density at radius 2 is 1.15 bits per heavy atom. The second-order valence-electron chi connectivity index (χ2n) is 10.8. The molecule has 0 heterocycles. The fourth-order valence-corrected chi connectivity index (χ4v) is 6.01. The molecule has 2 aliphatic carbocycles. The van der Waals surface area contributed by atoms with Crippen molar-refractivity contribution >= 4 is 0 Å². The maximum absolute atomic E-state index is 13.6. The first kappa shape index (κ1) is 26.4. The van der Waals surface area contributed by atoms with Crippen molar-refractivity contribution in [1.29, 1.82) is 0 Å². The minimum atomic E-state index is -1.36. The molecule has 0 unspecified atom stereocenters. The normalized spacial score (nSPS) is 26.2. The summed E-state index contributed by atoms with van der Waals surface area (Å²) in [6.45, 7) is 2.28. The van der Waals surface area contributed by atoms with Gasteiger partial charge >= 0.3 is 0 Å². The van der Waals surface area contributed by atoms with Gasteiger partial charge in [-0.25, -0.2) is 13.2 Å². The number of rotatable bonds is 12. The second-order valence-corrected chi connectivity index (χ2v) is 10.8. The van der Waals surface area contributed by atoms with Crippen LogP contribution in [-0.2, 0) is 0 Å². The van der Waals surface area contributed by atoms with Gasteiger partial charge in [0, 0.05) is 0 Å². The molecule has 0 aliphatic heterocycles. The van der Waals surface area contributed by atoms with Crippen molar-refractivity contribution in [2.24, 2.45) is 17.8 Å². The van der Waals surface area contributed by atoms with E-state index in [1.54, 1.807) is 0 Å². The highest BCUT2D eigenvalue weighted by molar-refractivity contribution is 5.23. The third-order valence-corrected chi connectivity index (χ3v) is 8.26. The predicted molar refractivity (Wildman–Crippen MR) is 133 cm³/mol. The van der Waals surface area contributed by atoms with Crippen LogP contribution in [-0.4, -0.2) is 0 Å². The van der Waals surface area contributed by atoms with E-state index in [2.05, 4.69) is 19.1 Å². The molecule has 1 aromatic carbocycles. The van der Waals surface area contributed by atoms with Crippen LogP contribution in [0.1, 0.15) is 128 Å². The van der Waals surface area contributed by atoms with Gasteiger partial charge in [-0.2, -0.15) is 0 Å². The summed E-state index contributed by atoms with van der Waals surface area (Å²) >= 11 is 0. The SMILES string of the molecule is CCCCCCCCCCC1CCC(C=CC2CCC(c3cc(F)c(F)c(F)c3)CC2)CC1. The van der Waals surface area contributed by atoms with E-state index in [1.807, 2.05) is 0 Å². The molecular weight excluding hydrogens is 417 g/mol. The number of hydrogen-bond donors (Lipinski definition) is 0. The Hall–Kier alpha value is -1.25. The molecule has 3 heteroatoms. The van der Waals surface area contributed by atoms with E-state index in [1.165, 1.54) is 95.6 Å². The fraction of sp³-hybridized carbons (Fsp3) is 0.733. The molecule has 1 aromatic rings. The van der Waals surface area contributed by atoms with Gasteiger partial charge in [0.15, 0.2) is 17.5 Å². The monoisotopic (exact) mass is 462 g/mol. The van der Waals surface area contributed by atoms with Crippen molar-refractivity contribution in [2.75, 3.05) is 0 Å². The molecule has 0 atom stereocenters. The van der Waals surface area contributed by atoms with Crippen LogP contribution in [0, 0.1) is 35.2 Å². The van der Waals surface area contributed by atoms with Gasteiger partial charge in [0.05, 0.1) is 0 Å². The van der Waals surface area contributed by atoms with Crippen LogP contribution in [0.4, 0.5) is 13.2 Å². The molecule has 0 aromatic heterocycles. The van der Waals surface area contributed by atoms with Crippen LogP contribution >= 0.6 is 0 Å². The Kier molecular flexibility index (Phi) is 11.4. The van der Waals surface area contributed by atoms with Gasteiger partial charge in [-0.3, -0.25) is 0 Å². The lowest BCUT2D eigenvalue weighted by Gasteiger charge is -2.29. The number of halogens is 3. The molecule has 0 amide bonds. The average Bonchev–Trinajstić information content (AvgIpc) is 2.83. The van der Waals surface area contributed by atoms with E-state index >= 15 is 0 Å². The van der Waals surface area contributed by atoms with Gasteiger partial charge in [0.1, 0.15) is 0 Å². The molecule has 2 fully saturated rings. The lowest BCUT2D eigenvalue weighted by atomic mass is 9.76. The predicted octanol–water partition coefficient (Wildman–Crippen LogP) is 10.3. The molecule has 2 saturated carbocycles. The fourth-order valence-electron chi connectivity index (χ4n) is 6.01. The van der Waals surface area contributed by atoms with Gasteiger partial charge in [0.2, 0.25) is 0 Å². The minimum absolute atomic E-state index is 0.144. The van der Waals surface area contributed by atoms with Crippen LogP contribution in [0.15, 0.2) is 24.3 Å². The van der Waals surface area contributed by atoms with Crippen LogP contribution in [0.3, 0.4) is 0 Å². The Morgan fingerprint density at radius 3 is 1.70 bits per heavy atom. The standard InChI is InChI=1S/C30H45F3/c1-2-3-4-5-6-7-8-9-10-23-11-13-24(14-12-23)15-16-25-17-19-26(20-18-25)27-21-28(31)30(33)29(32)22-27/h15-16,21-26H,2-14,17-20H2,1H3. The van der Waals surface area contributed by atoms with Crippen molar-refractivity contribution in [3.05, 3.63) is 47.3 Å². The zero-order valence-electron chi connectivity index (χ0n) is 20.8. The van der Waals surface area contributed by atoms with Crippen molar-refractivity contribution in [3.63, 3.8) is 0 Å². The highest BCUT2D eigenvalue weighted by Gasteiger charge is 2.24.